The number of carbonyl (C=O) groups is 2. The zero-order valence-corrected chi connectivity index (χ0v) is 18.7. The number of amides is 1. The van der Waals surface area contributed by atoms with E-state index in [1.807, 2.05) is 44.2 Å². The van der Waals surface area contributed by atoms with E-state index in [9.17, 15) is 9.59 Å². The van der Waals surface area contributed by atoms with Crippen molar-refractivity contribution in [3.05, 3.63) is 52.8 Å². The first-order valence-electron chi connectivity index (χ1n) is 11.4. The number of benzene rings is 1. The lowest BCUT2D eigenvalue weighted by molar-refractivity contribution is -0.128. The maximum Gasteiger partial charge on any atom is 0.252 e. The van der Waals surface area contributed by atoms with Gasteiger partial charge in [-0.2, -0.15) is 5.10 Å². The van der Waals surface area contributed by atoms with Crippen LogP contribution in [0.25, 0.3) is 0 Å². The molecule has 2 aromatic rings. The molecular formula is C25H35N3O2. The van der Waals surface area contributed by atoms with Crippen molar-refractivity contribution < 1.29 is 9.59 Å². The predicted octanol–water partition coefficient (Wildman–Crippen LogP) is 5.09. The topological polar surface area (TPSA) is 55.2 Å². The Kier molecular flexibility index (Phi) is 7.83. The molecule has 0 aliphatic carbocycles. The van der Waals surface area contributed by atoms with Gasteiger partial charge in [-0.3, -0.25) is 9.59 Å². The molecule has 3 rings (SSSR count). The largest absolute Gasteiger partial charge is 0.338 e. The molecule has 1 aromatic carbocycles. The van der Waals surface area contributed by atoms with Crippen LogP contribution in [0.15, 0.2) is 30.3 Å². The summed E-state index contributed by atoms with van der Waals surface area (Å²) in [6.07, 6.45) is 8.77. The summed E-state index contributed by atoms with van der Waals surface area (Å²) in [5, 5.41) is 4.55. The molecule has 162 valence electrons. The van der Waals surface area contributed by atoms with Crippen LogP contribution in [0.3, 0.4) is 0 Å². The van der Waals surface area contributed by atoms with Crippen LogP contribution >= 0.6 is 0 Å². The van der Waals surface area contributed by atoms with Gasteiger partial charge in [0, 0.05) is 25.2 Å². The van der Waals surface area contributed by atoms with Crippen molar-refractivity contribution in [3.8, 4) is 0 Å². The van der Waals surface area contributed by atoms with E-state index in [-0.39, 0.29) is 24.2 Å². The summed E-state index contributed by atoms with van der Waals surface area (Å²) in [6.45, 7) is 7.24. The predicted molar refractivity (Wildman–Crippen MR) is 119 cm³/mol. The lowest BCUT2D eigenvalue weighted by Crippen LogP contribution is -2.28. The molecule has 1 fully saturated rings. The monoisotopic (exact) mass is 409 g/mol. The molecule has 1 saturated heterocycles. The van der Waals surface area contributed by atoms with Crippen molar-refractivity contribution >= 4 is 11.8 Å². The summed E-state index contributed by atoms with van der Waals surface area (Å²) in [4.78, 5) is 27.4. The molecule has 1 aliphatic heterocycles. The number of carbonyl (C=O) groups excluding carboxylic acids is 2. The summed E-state index contributed by atoms with van der Waals surface area (Å²) in [7, 11) is 0. The van der Waals surface area contributed by atoms with E-state index in [1.54, 1.807) is 9.58 Å². The van der Waals surface area contributed by atoms with E-state index in [0.717, 1.165) is 29.8 Å². The molecule has 1 atom stereocenters. The van der Waals surface area contributed by atoms with Crippen LogP contribution in [-0.2, 0) is 17.8 Å². The molecule has 0 spiro atoms. The van der Waals surface area contributed by atoms with Crippen LogP contribution in [0.4, 0.5) is 0 Å². The highest BCUT2D eigenvalue weighted by Crippen LogP contribution is 2.24. The van der Waals surface area contributed by atoms with Crippen LogP contribution in [0, 0.1) is 19.8 Å². The molecule has 1 aliphatic rings. The van der Waals surface area contributed by atoms with Gasteiger partial charge in [0.05, 0.1) is 11.6 Å². The fraction of sp³-hybridized carbons (Fsp3) is 0.560. The first-order chi connectivity index (χ1) is 14.5. The summed E-state index contributed by atoms with van der Waals surface area (Å²) >= 11 is 0. The second kappa shape index (κ2) is 10.6. The summed E-state index contributed by atoms with van der Waals surface area (Å²) < 4.78 is 1.56. The maximum absolute atomic E-state index is 13.1. The molecule has 1 unspecified atom stereocenters. The van der Waals surface area contributed by atoms with Gasteiger partial charge in [0.25, 0.3) is 5.91 Å². The van der Waals surface area contributed by atoms with E-state index in [4.69, 9.17) is 0 Å². The fourth-order valence-electron chi connectivity index (χ4n) is 4.40. The fourth-order valence-corrected chi connectivity index (χ4v) is 4.40. The number of nitrogens with zero attached hydrogens (tertiary/aromatic N) is 3. The van der Waals surface area contributed by atoms with Gasteiger partial charge >= 0.3 is 0 Å². The third-order valence-corrected chi connectivity index (χ3v) is 6.21. The van der Waals surface area contributed by atoms with E-state index < -0.39 is 0 Å². The van der Waals surface area contributed by atoms with Gasteiger partial charge in [-0.05, 0) is 37.8 Å². The van der Waals surface area contributed by atoms with E-state index in [1.165, 1.54) is 37.7 Å². The van der Waals surface area contributed by atoms with Crippen molar-refractivity contribution in [3.63, 3.8) is 0 Å². The van der Waals surface area contributed by atoms with Gasteiger partial charge in [0.15, 0.2) is 0 Å². The average molecular weight is 410 g/mol. The minimum atomic E-state index is -0.318. The van der Waals surface area contributed by atoms with E-state index in [2.05, 4.69) is 12.0 Å². The molecule has 5 heteroatoms. The molecule has 1 aromatic heterocycles. The maximum atomic E-state index is 13.1. The normalized spacial score (nSPS) is 16.4. The highest BCUT2D eigenvalue weighted by Gasteiger charge is 2.36. The number of hydrogen-bond donors (Lipinski definition) is 0. The minimum Gasteiger partial charge on any atom is -0.338 e. The number of hydrogen-bond acceptors (Lipinski definition) is 3. The Labute approximate surface area is 180 Å². The Morgan fingerprint density at radius 1 is 1.07 bits per heavy atom. The average Bonchev–Trinajstić information content (AvgIpc) is 3.24. The number of rotatable bonds is 10. The van der Waals surface area contributed by atoms with Crippen LogP contribution in [0.1, 0.15) is 79.2 Å². The van der Waals surface area contributed by atoms with Gasteiger partial charge < -0.3 is 4.90 Å². The van der Waals surface area contributed by atoms with Crippen molar-refractivity contribution in [1.29, 1.82) is 0 Å². The molecule has 5 nitrogen and oxygen atoms in total. The highest BCUT2D eigenvalue weighted by molar-refractivity contribution is 5.90. The van der Waals surface area contributed by atoms with Crippen molar-refractivity contribution in [2.24, 2.45) is 5.92 Å². The summed E-state index contributed by atoms with van der Waals surface area (Å²) in [5.41, 5.74) is 4.18. The molecule has 0 radical (unpaired) electrons. The minimum absolute atomic E-state index is 0.0473. The van der Waals surface area contributed by atoms with Gasteiger partial charge in [-0.25, -0.2) is 4.68 Å². The number of aryl methyl sites for hydroxylation is 1. The third kappa shape index (κ3) is 5.38. The Morgan fingerprint density at radius 2 is 1.77 bits per heavy atom. The van der Waals surface area contributed by atoms with Crippen LogP contribution in [0.2, 0.25) is 0 Å². The zero-order chi connectivity index (χ0) is 21.5. The number of unbranched alkanes of at least 4 members (excludes halogenated alkanes) is 5. The van der Waals surface area contributed by atoms with Gasteiger partial charge in [-0.15, -0.1) is 0 Å². The van der Waals surface area contributed by atoms with Crippen molar-refractivity contribution in [2.45, 2.75) is 78.7 Å². The van der Waals surface area contributed by atoms with E-state index in [0.29, 0.717) is 13.1 Å². The van der Waals surface area contributed by atoms with Crippen LogP contribution in [-0.4, -0.2) is 33.0 Å². The van der Waals surface area contributed by atoms with Crippen molar-refractivity contribution in [2.75, 3.05) is 6.54 Å². The molecule has 1 amide bonds. The van der Waals surface area contributed by atoms with Crippen molar-refractivity contribution in [1.82, 2.24) is 14.7 Å². The zero-order valence-electron chi connectivity index (χ0n) is 18.7. The summed E-state index contributed by atoms with van der Waals surface area (Å²) in [6, 6.07) is 9.93. The molecule has 2 heterocycles. The molecule has 30 heavy (non-hydrogen) atoms. The molecular weight excluding hydrogens is 374 g/mol. The third-order valence-electron chi connectivity index (χ3n) is 6.21. The lowest BCUT2D eigenvalue weighted by Gasteiger charge is -2.16. The second-order valence-corrected chi connectivity index (χ2v) is 8.58. The Morgan fingerprint density at radius 3 is 2.50 bits per heavy atom. The quantitative estimate of drug-likeness (QED) is 0.514. The van der Waals surface area contributed by atoms with E-state index >= 15 is 0 Å². The lowest BCUT2D eigenvalue weighted by atomic mass is 10.0. The molecule has 0 N–H and O–H groups in total. The van der Waals surface area contributed by atoms with Gasteiger partial charge in [0.2, 0.25) is 5.91 Å². The Hall–Kier alpha value is -2.43. The highest BCUT2D eigenvalue weighted by atomic mass is 16.2. The summed E-state index contributed by atoms with van der Waals surface area (Å²) in [5.74, 6) is -0.319. The van der Waals surface area contributed by atoms with Crippen LogP contribution < -0.4 is 0 Å². The molecule has 0 saturated carbocycles. The first kappa shape index (κ1) is 22.3. The first-order valence-corrected chi connectivity index (χ1v) is 11.4. The Bertz CT molecular complexity index is 857. The number of aromatic nitrogens is 2. The molecule has 0 bridgehead atoms. The van der Waals surface area contributed by atoms with Crippen LogP contribution in [0.5, 0.6) is 0 Å². The smallest absolute Gasteiger partial charge is 0.252 e. The Balaban J connectivity index is 1.59. The van der Waals surface area contributed by atoms with Gasteiger partial charge in [0.1, 0.15) is 0 Å². The standard InChI is InChI=1S/C25H35N3O2/c1-4-5-6-7-8-12-15-23-19(2)26-28(20(23)3)25(30)22-16-24(29)27(18-22)17-21-13-10-9-11-14-21/h9-11,13-14,22H,4-8,12,15-18H2,1-3H3. The SMILES string of the molecule is CCCCCCCCc1c(C)nn(C(=O)C2CC(=O)N(Cc3ccccc3)C2)c1C. The van der Waals surface area contributed by atoms with Gasteiger partial charge in [-0.1, -0.05) is 69.4 Å². The number of likely N-dealkylation sites (tertiary alicyclic amines) is 1. The second-order valence-electron chi connectivity index (χ2n) is 8.58.